The zero-order chi connectivity index (χ0) is 19.3. The first-order valence-corrected chi connectivity index (χ1v) is 10.5. The van der Waals surface area contributed by atoms with Crippen molar-refractivity contribution in [1.82, 2.24) is 19.7 Å². The van der Waals surface area contributed by atoms with E-state index >= 15 is 0 Å². The summed E-state index contributed by atoms with van der Waals surface area (Å²) >= 11 is 1.57. The number of thiazole rings is 1. The molecule has 3 fully saturated rings. The third-order valence-corrected chi connectivity index (χ3v) is 6.74. The molecule has 2 amide bonds. The highest BCUT2D eigenvalue weighted by Crippen LogP contribution is 2.30. The van der Waals surface area contributed by atoms with Crippen molar-refractivity contribution < 1.29 is 14.0 Å². The first-order chi connectivity index (χ1) is 13.6. The number of hydrogen-bond acceptors (Lipinski definition) is 5. The smallest absolute Gasteiger partial charge is 0.247 e. The monoisotopic (exact) mass is 400 g/mol. The molecule has 0 aliphatic carbocycles. The molecule has 0 N–H and O–H groups in total. The van der Waals surface area contributed by atoms with Gasteiger partial charge in [-0.2, -0.15) is 0 Å². The molecule has 0 saturated carbocycles. The highest BCUT2D eigenvalue weighted by atomic mass is 32.1. The van der Waals surface area contributed by atoms with Crippen LogP contribution in [-0.2, 0) is 16.1 Å². The van der Waals surface area contributed by atoms with Gasteiger partial charge < -0.3 is 9.80 Å². The number of carbonyl (C=O) groups is 2. The van der Waals surface area contributed by atoms with E-state index in [0.29, 0.717) is 26.2 Å². The molecule has 3 saturated heterocycles. The topological polar surface area (TPSA) is 56.8 Å². The molecule has 5 rings (SSSR count). The Morgan fingerprint density at radius 1 is 1.04 bits per heavy atom. The highest BCUT2D eigenvalue weighted by Gasteiger charge is 2.49. The summed E-state index contributed by atoms with van der Waals surface area (Å²) in [6.07, 6.45) is 1.71. The van der Waals surface area contributed by atoms with Crippen LogP contribution in [0, 0.1) is 5.82 Å². The van der Waals surface area contributed by atoms with E-state index in [1.807, 2.05) is 5.38 Å². The Balaban J connectivity index is 1.28. The Bertz CT molecular complexity index is 915. The van der Waals surface area contributed by atoms with Crippen LogP contribution < -0.4 is 0 Å². The van der Waals surface area contributed by atoms with Crippen molar-refractivity contribution in [2.45, 2.75) is 31.5 Å². The van der Waals surface area contributed by atoms with E-state index in [-0.39, 0.29) is 29.7 Å². The maximum absolute atomic E-state index is 13.1. The normalized spacial score (nSPS) is 25.2. The lowest BCUT2D eigenvalue weighted by Gasteiger charge is -2.47. The summed E-state index contributed by atoms with van der Waals surface area (Å²) in [6, 6.07) is 5.73. The van der Waals surface area contributed by atoms with Gasteiger partial charge in [0.1, 0.15) is 22.9 Å². The van der Waals surface area contributed by atoms with Gasteiger partial charge in [0.2, 0.25) is 11.8 Å². The first kappa shape index (κ1) is 17.8. The van der Waals surface area contributed by atoms with Crippen LogP contribution in [0.3, 0.4) is 0 Å². The van der Waals surface area contributed by atoms with E-state index < -0.39 is 0 Å². The van der Waals surface area contributed by atoms with Crippen LogP contribution in [-0.4, -0.2) is 69.8 Å². The number of rotatable bonds is 3. The number of benzene rings is 1. The lowest BCUT2D eigenvalue weighted by atomic mass is 10.0. The molecular weight excluding hydrogens is 379 g/mol. The molecular formula is C20H21FN4O2S. The fourth-order valence-electron chi connectivity index (χ4n) is 4.46. The molecule has 146 valence electrons. The molecule has 28 heavy (non-hydrogen) atoms. The fourth-order valence-corrected chi connectivity index (χ4v) is 5.30. The summed E-state index contributed by atoms with van der Waals surface area (Å²) in [5.41, 5.74) is 1.73. The van der Waals surface area contributed by atoms with Crippen molar-refractivity contribution in [1.29, 1.82) is 0 Å². The van der Waals surface area contributed by atoms with Crippen molar-refractivity contribution in [3.05, 3.63) is 40.5 Å². The number of hydrogen-bond donors (Lipinski definition) is 0. The van der Waals surface area contributed by atoms with E-state index in [1.54, 1.807) is 33.3 Å². The summed E-state index contributed by atoms with van der Waals surface area (Å²) in [7, 11) is 0. The molecule has 3 aliphatic rings. The highest BCUT2D eigenvalue weighted by molar-refractivity contribution is 7.09. The lowest BCUT2D eigenvalue weighted by molar-refractivity contribution is -0.163. The van der Waals surface area contributed by atoms with E-state index in [4.69, 9.17) is 0 Å². The van der Waals surface area contributed by atoms with E-state index in [2.05, 4.69) is 9.88 Å². The molecule has 2 atom stereocenters. The molecule has 8 heteroatoms. The summed E-state index contributed by atoms with van der Waals surface area (Å²) < 4.78 is 13.1. The molecule has 2 aromatic rings. The Labute approximate surface area is 166 Å². The zero-order valence-corrected chi connectivity index (χ0v) is 16.2. The molecule has 0 unspecified atom stereocenters. The quantitative estimate of drug-likeness (QED) is 0.791. The summed E-state index contributed by atoms with van der Waals surface area (Å²) in [5.74, 6) is -0.0449. The van der Waals surface area contributed by atoms with Crippen LogP contribution in [0.4, 0.5) is 4.39 Å². The number of fused-ring (bicyclic) bond motifs is 2. The number of amides is 2. The SMILES string of the molecule is O=C1[C@H]2CN(Cc3nc(-c4ccc(F)cc4)cs3)CCN2C(=O)[C@H]2CCCN12. The molecule has 3 aliphatic heterocycles. The van der Waals surface area contributed by atoms with Crippen molar-refractivity contribution in [2.24, 2.45) is 0 Å². The van der Waals surface area contributed by atoms with Crippen LogP contribution >= 0.6 is 11.3 Å². The van der Waals surface area contributed by atoms with Crippen molar-refractivity contribution >= 4 is 23.2 Å². The van der Waals surface area contributed by atoms with Gasteiger partial charge >= 0.3 is 0 Å². The molecule has 4 heterocycles. The van der Waals surface area contributed by atoms with Crippen LogP contribution in [0.5, 0.6) is 0 Å². The van der Waals surface area contributed by atoms with Crippen LogP contribution in [0.2, 0.25) is 0 Å². The predicted molar refractivity (Wildman–Crippen MR) is 103 cm³/mol. The van der Waals surface area contributed by atoms with Crippen molar-refractivity contribution in [3.8, 4) is 11.3 Å². The minimum Gasteiger partial charge on any atom is -0.329 e. The maximum atomic E-state index is 13.1. The summed E-state index contributed by atoms with van der Waals surface area (Å²) in [5, 5.41) is 2.93. The average molecular weight is 400 g/mol. The standard InChI is InChI=1S/C20H21FN4O2S/c21-14-5-3-13(4-6-14)15-12-28-18(22-15)11-23-8-9-25-17(10-23)20(27)24-7-1-2-16(24)19(25)26/h3-6,12,16-17H,1-2,7-11H2/t16-,17-/m1/s1. The third-order valence-electron chi connectivity index (χ3n) is 5.90. The minimum atomic E-state index is -0.368. The molecule has 0 radical (unpaired) electrons. The number of aromatic nitrogens is 1. The van der Waals surface area contributed by atoms with Gasteiger partial charge in [0.25, 0.3) is 0 Å². The minimum absolute atomic E-state index is 0.0953. The van der Waals surface area contributed by atoms with Gasteiger partial charge in [0.15, 0.2) is 0 Å². The molecule has 6 nitrogen and oxygen atoms in total. The summed E-state index contributed by atoms with van der Waals surface area (Å²) in [4.78, 5) is 36.0. The summed E-state index contributed by atoms with van der Waals surface area (Å²) in [6.45, 7) is 3.25. The first-order valence-electron chi connectivity index (χ1n) is 9.64. The van der Waals surface area contributed by atoms with Gasteiger partial charge in [-0.15, -0.1) is 11.3 Å². The number of piperazine rings is 2. The van der Waals surface area contributed by atoms with Crippen LogP contribution in [0.25, 0.3) is 11.3 Å². The predicted octanol–water partition coefficient (Wildman–Crippen LogP) is 1.97. The van der Waals surface area contributed by atoms with E-state index in [1.165, 1.54) is 12.1 Å². The average Bonchev–Trinajstić information content (AvgIpc) is 3.37. The second kappa shape index (κ2) is 6.93. The van der Waals surface area contributed by atoms with Crippen molar-refractivity contribution in [2.75, 3.05) is 26.2 Å². The third kappa shape index (κ3) is 3.00. The van der Waals surface area contributed by atoms with E-state index in [9.17, 15) is 14.0 Å². The maximum Gasteiger partial charge on any atom is 0.247 e. The Morgan fingerprint density at radius 3 is 2.61 bits per heavy atom. The molecule has 0 spiro atoms. The Kier molecular flexibility index (Phi) is 4.40. The zero-order valence-electron chi connectivity index (χ0n) is 15.4. The fraction of sp³-hybridized carbons (Fsp3) is 0.450. The second-order valence-electron chi connectivity index (χ2n) is 7.61. The van der Waals surface area contributed by atoms with Crippen LogP contribution in [0.15, 0.2) is 29.6 Å². The molecule has 0 bridgehead atoms. The number of nitrogens with zero attached hydrogens (tertiary/aromatic N) is 4. The van der Waals surface area contributed by atoms with Gasteiger partial charge in [-0.25, -0.2) is 9.37 Å². The number of carbonyl (C=O) groups excluding carboxylic acids is 2. The van der Waals surface area contributed by atoms with Crippen molar-refractivity contribution in [3.63, 3.8) is 0 Å². The Morgan fingerprint density at radius 2 is 1.79 bits per heavy atom. The van der Waals surface area contributed by atoms with Crippen LogP contribution in [0.1, 0.15) is 17.8 Å². The Hall–Kier alpha value is -2.32. The largest absolute Gasteiger partial charge is 0.329 e. The van der Waals surface area contributed by atoms with Gasteiger partial charge in [-0.05, 0) is 37.1 Å². The van der Waals surface area contributed by atoms with Gasteiger partial charge in [-0.3, -0.25) is 14.5 Å². The molecule has 1 aromatic carbocycles. The van der Waals surface area contributed by atoms with Gasteiger partial charge in [0.05, 0.1) is 12.2 Å². The number of halogens is 1. The molecule has 1 aromatic heterocycles. The van der Waals surface area contributed by atoms with E-state index in [0.717, 1.165) is 35.7 Å². The van der Waals surface area contributed by atoms with Gasteiger partial charge in [-0.1, -0.05) is 0 Å². The second-order valence-corrected chi connectivity index (χ2v) is 8.55. The lowest BCUT2D eigenvalue weighted by Crippen LogP contribution is -2.68. The van der Waals surface area contributed by atoms with Gasteiger partial charge in [0, 0.05) is 37.1 Å².